The van der Waals surface area contributed by atoms with E-state index in [0.29, 0.717) is 12.2 Å². The highest BCUT2D eigenvalue weighted by molar-refractivity contribution is 5.88. The summed E-state index contributed by atoms with van der Waals surface area (Å²) in [6.07, 6.45) is 5.17. The molecule has 0 aromatic carbocycles. The van der Waals surface area contributed by atoms with Crippen LogP contribution >= 0.6 is 0 Å². The second-order valence-electron chi connectivity index (χ2n) is 2.57. The number of hydrogen-bond donors (Lipinski definition) is 0. The SMILES string of the molecule is C=CCOCC(=C)C(=O)OCC=CC. The zero-order valence-corrected chi connectivity index (χ0v) is 8.49. The quantitative estimate of drug-likeness (QED) is 0.270. The van der Waals surface area contributed by atoms with Crippen LogP contribution in [0.1, 0.15) is 6.92 Å². The second kappa shape index (κ2) is 8.26. The fourth-order valence-corrected chi connectivity index (χ4v) is 0.646. The predicted molar refractivity (Wildman–Crippen MR) is 55.9 cm³/mol. The predicted octanol–water partition coefficient (Wildman–Crippen LogP) is 1.86. The minimum Gasteiger partial charge on any atom is -0.458 e. The van der Waals surface area contributed by atoms with E-state index in [0.717, 1.165) is 0 Å². The maximum absolute atomic E-state index is 11.2. The molecule has 0 aliphatic heterocycles. The molecule has 0 aromatic heterocycles. The van der Waals surface area contributed by atoms with E-state index in [9.17, 15) is 4.79 Å². The second-order valence-corrected chi connectivity index (χ2v) is 2.57. The van der Waals surface area contributed by atoms with Crippen molar-refractivity contribution in [2.45, 2.75) is 6.92 Å². The van der Waals surface area contributed by atoms with Gasteiger partial charge in [-0.3, -0.25) is 0 Å². The van der Waals surface area contributed by atoms with Crippen LogP contribution in [0.3, 0.4) is 0 Å². The number of ether oxygens (including phenoxy) is 2. The zero-order valence-electron chi connectivity index (χ0n) is 8.49. The van der Waals surface area contributed by atoms with Crippen LogP contribution in [0.25, 0.3) is 0 Å². The lowest BCUT2D eigenvalue weighted by Crippen LogP contribution is -2.11. The summed E-state index contributed by atoms with van der Waals surface area (Å²) in [5, 5.41) is 0. The molecule has 3 nitrogen and oxygen atoms in total. The molecule has 0 rings (SSSR count). The van der Waals surface area contributed by atoms with Gasteiger partial charge in [-0.1, -0.05) is 24.8 Å². The van der Waals surface area contributed by atoms with Gasteiger partial charge in [-0.2, -0.15) is 0 Å². The Bertz CT molecular complexity index is 229. The van der Waals surface area contributed by atoms with Crippen LogP contribution in [0, 0.1) is 0 Å². The van der Waals surface area contributed by atoms with Crippen LogP contribution in [-0.4, -0.2) is 25.8 Å². The number of carbonyl (C=O) groups is 1. The van der Waals surface area contributed by atoms with Crippen molar-refractivity contribution in [2.24, 2.45) is 0 Å². The van der Waals surface area contributed by atoms with Crippen LogP contribution < -0.4 is 0 Å². The molecule has 0 saturated heterocycles. The average Bonchev–Trinajstić information content (AvgIpc) is 2.18. The van der Waals surface area contributed by atoms with Crippen molar-refractivity contribution in [1.29, 1.82) is 0 Å². The molecule has 0 spiro atoms. The molecule has 0 N–H and O–H groups in total. The van der Waals surface area contributed by atoms with Crippen molar-refractivity contribution in [3.05, 3.63) is 37.0 Å². The van der Waals surface area contributed by atoms with E-state index >= 15 is 0 Å². The third kappa shape index (κ3) is 6.20. The maximum Gasteiger partial charge on any atom is 0.336 e. The molecule has 0 unspecified atom stereocenters. The van der Waals surface area contributed by atoms with Crippen molar-refractivity contribution < 1.29 is 14.3 Å². The number of carbonyl (C=O) groups excluding carboxylic acids is 1. The first-order valence-corrected chi connectivity index (χ1v) is 4.37. The van der Waals surface area contributed by atoms with Gasteiger partial charge in [0, 0.05) is 0 Å². The normalized spacial score (nSPS) is 10.1. The highest BCUT2D eigenvalue weighted by Gasteiger charge is 2.06. The van der Waals surface area contributed by atoms with Gasteiger partial charge in [0.1, 0.15) is 6.61 Å². The Hall–Kier alpha value is -1.35. The molecule has 0 aliphatic carbocycles. The summed E-state index contributed by atoms with van der Waals surface area (Å²) in [6, 6.07) is 0. The van der Waals surface area contributed by atoms with Crippen molar-refractivity contribution in [2.75, 3.05) is 19.8 Å². The molecule has 0 radical (unpaired) electrons. The lowest BCUT2D eigenvalue weighted by molar-refractivity contribution is -0.138. The third-order valence-electron chi connectivity index (χ3n) is 1.35. The van der Waals surface area contributed by atoms with Crippen molar-refractivity contribution in [1.82, 2.24) is 0 Å². The standard InChI is InChI=1S/C11H16O3/c1-4-6-8-14-11(12)10(3)9-13-7-5-2/h4-6H,2-3,7-9H2,1H3. The summed E-state index contributed by atoms with van der Waals surface area (Å²) in [6.45, 7) is 9.75. The Morgan fingerprint density at radius 1 is 1.43 bits per heavy atom. The maximum atomic E-state index is 11.2. The molecule has 0 fully saturated rings. The van der Waals surface area contributed by atoms with Crippen LogP contribution in [0.2, 0.25) is 0 Å². The first-order valence-electron chi connectivity index (χ1n) is 4.37. The highest BCUT2D eigenvalue weighted by Crippen LogP contribution is 1.96. The van der Waals surface area contributed by atoms with Crippen molar-refractivity contribution in [3.63, 3.8) is 0 Å². The van der Waals surface area contributed by atoms with Gasteiger partial charge in [-0.15, -0.1) is 6.58 Å². The molecule has 0 bridgehead atoms. The molecule has 0 heterocycles. The minimum atomic E-state index is -0.424. The Kier molecular flexibility index (Phi) is 7.46. The summed E-state index contributed by atoms with van der Waals surface area (Å²) >= 11 is 0. The smallest absolute Gasteiger partial charge is 0.336 e. The van der Waals surface area contributed by atoms with E-state index < -0.39 is 5.97 Å². The third-order valence-corrected chi connectivity index (χ3v) is 1.35. The van der Waals surface area contributed by atoms with Gasteiger partial charge in [0.25, 0.3) is 0 Å². The van der Waals surface area contributed by atoms with Gasteiger partial charge >= 0.3 is 5.97 Å². The molecule has 14 heavy (non-hydrogen) atoms. The molecule has 78 valence electrons. The summed E-state index contributed by atoms with van der Waals surface area (Å²) in [5.41, 5.74) is 0.316. The zero-order chi connectivity index (χ0) is 10.8. The monoisotopic (exact) mass is 196 g/mol. The van der Waals surface area contributed by atoms with E-state index in [1.807, 2.05) is 13.0 Å². The Morgan fingerprint density at radius 3 is 2.71 bits per heavy atom. The van der Waals surface area contributed by atoms with Crippen LogP contribution in [-0.2, 0) is 14.3 Å². The van der Waals surface area contributed by atoms with Gasteiger partial charge in [0.15, 0.2) is 0 Å². The Morgan fingerprint density at radius 2 is 2.14 bits per heavy atom. The first-order chi connectivity index (χ1) is 6.72. The number of esters is 1. The molecule has 0 amide bonds. The lowest BCUT2D eigenvalue weighted by Gasteiger charge is -2.04. The van der Waals surface area contributed by atoms with E-state index in [-0.39, 0.29) is 13.2 Å². The summed E-state index contributed by atoms with van der Waals surface area (Å²) in [4.78, 5) is 11.2. The van der Waals surface area contributed by atoms with E-state index in [1.54, 1.807) is 12.2 Å². The topological polar surface area (TPSA) is 35.5 Å². The lowest BCUT2D eigenvalue weighted by atomic mass is 10.3. The van der Waals surface area contributed by atoms with Gasteiger partial charge in [0.05, 0.1) is 18.8 Å². The van der Waals surface area contributed by atoms with Crippen molar-refractivity contribution >= 4 is 5.97 Å². The van der Waals surface area contributed by atoms with Crippen LogP contribution in [0.15, 0.2) is 37.0 Å². The number of allylic oxidation sites excluding steroid dienone is 1. The fourth-order valence-electron chi connectivity index (χ4n) is 0.646. The van der Waals surface area contributed by atoms with E-state index in [1.165, 1.54) is 0 Å². The largest absolute Gasteiger partial charge is 0.458 e. The summed E-state index contributed by atoms with van der Waals surface area (Å²) in [5.74, 6) is -0.424. The fraction of sp³-hybridized carbons (Fsp3) is 0.364. The van der Waals surface area contributed by atoms with E-state index in [2.05, 4.69) is 13.2 Å². The van der Waals surface area contributed by atoms with E-state index in [4.69, 9.17) is 9.47 Å². The number of rotatable bonds is 7. The molecular formula is C11H16O3. The van der Waals surface area contributed by atoms with Crippen LogP contribution in [0.5, 0.6) is 0 Å². The molecule has 3 heteroatoms. The van der Waals surface area contributed by atoms with Gasteiger partial charge in [-0.25, -0.2) is 4.79 Å². The molecule has 0 atom stereocenters. The highest BCUT2D eigenvalue weighted by atomic mass is 16.5. The average molecular weight is 196 g/mol. The van der Waals surface area contributed by atoms with Gasteiger partial charge < -0.3 is 9.47 Å². The molecular weight excluding hydrogens is 180 g/mol. The van der Waals surface area contributed by atoms with Gasteiger partial charge in [-0.05, 0) is 6.92 Å². The summed E-state index contributed by atoms with van der Waals surface area (Å²) < 4.78 is 9.88. The van der Waals surface area contributed by atoms with Crippen LogP contribution in [0.4, 0.5) is 0 Å². The first kappa shape index (κ1) is 12.7. The Labute approximate surface area is 84.7 Å². The molecule has 0 saturated carbocycles. The van der Waals surface area contributed by atoms with Crippen molar-refractivity contribution in [3.8, 4) is 0 Å². The van der Waals surface area contributed by atoms with Gasteiger partial charge in [0.2, 0.25) is 0 Å². The molecule has 0 aliphatic rings. The Balaban J connectivity index is 3.65. The number of hydrogen-bond acceptors (Lipinski definition) is 3. The summed E-state index contributed by atoms with van der Waals surface area (Å²) in [7, 11) is 0. The minimum absolute atomic E-state index is 0.181. The molecule has 0 aromatic rings.